The lowest BCUT2D eigenvalue weighted by Crippen LogP contribution is -1.99. The van der Waals surface area contributed by atoms with E-state index in [1.807, 2.05) is 24.3 Å². The van der Waals surface area contributed by atoms with Gasteiger partial charge in [-0.15, -0.1) is 0 Å². The van der Waals surface area contributed by atoms with Crippen molar-refractivity contribution in [2.75, 3.05) is 0 Å². The molecule has 0 amide bonds. The van der Waals surface area contributed by atoms with Crippen LogP contribution in [0.15, 0.2) is 35.6 Å². The zero-order valence-corrected chi connectivity index (χ0v) is 6.25. The summed E-state index contributed by atoms with van der Waals surface area (Å²) in [5.41, 5.74) is 7.31. The quantitative estimate of drug-likeness (QED) is 0.611. The van der Waals surface area contributed by atoms with Crippen LogP contribution in [0.25, 0.3) is 0 Å². The number of hydrogen-bond donors (Lipinski definition) is 1. The number of hydrogen-bond acceptors (Lipinski definition) is 2. The molecule has 0 atom stereocenters. The van der Waals surface area contributed by atoms with Gasteiger partial charge in [-0.2, -0.15) is 5.26 Å². The van der Waals surface area contributed by atoms with Crippen LogP contribution in [-0.4, -0.2) is 0 Å². The third kappa shape index (κ3) is 1.98. The number of nitriles is 1. The molecule has 56 valence electrons. The van der Waals surface area contributed by atoms with E-state index in [1.165, 1.54) is 0 Å². The Kier molecular flexibility index (Phi) is 2.51. The van der Waals surface area contributed by atoms with Gasteiger partial charge in [-0.25, -0.2) is 0 Å². The van der Waals surface area contributed by atoms with Crippen molar-refractivity contribution < 1.29 is 0 Å². The average molecular weight is 146 g/mol. The SMILES string of the molecule is N#CCC1=CCC=CC=C1N. The van der Waals surface area contributed by atoms with E-state index in [2.05, 4.69) is 6.07 Å². The Morgan fingerprint density at radius 2 is 2.45 bits per heavy atom. The zero-order valence-electron chi connectivity index (χ0n) is 6.25. The molecule has 0 aliphatic heterocycles. The van der Waals surface area contributed by atoms with Crippen LogP contribution in [-0.2, 0) is 0 Å². The maximum absolute atomic E-state index is 8.43. The fraction of sp³-hybridized carbons (Fsp3) is 0.222. The third-order valence-corrected chi connectivity index (χ3v) is 1.55. The third-order valence-electron chi connectivity index (χ3n) is 1.55. The molecule has 0 aromatic heterocycles. The molecule has 2 heteroatoms. The molecule has 0 fully saturated rings. The molecular formula is C9H10N2. The van der Waals surface area contributed by atoms with Crippen LogP contribution in [0.4, 0.5) is 0 Å². The van der Waals surface area contributed by atoms with Crippen molar-refractivity contribution in [2.24, 2.45) is 5.73 Å². The lowest BCUT2D eigenvalue weighted by molar-refractivity contribution is 1.16. The predicted molar refractivity (Wildman–Crippen MR) is 44.3 cm³/mol. The monoisotopic (exact) mass is 146 g/mol. The molecule has 0 aromatic rings. The van der Waals surface area contributed by atoms with E-state index >= 15 is 0 Å². The van der Waals surface area contributed by atoms with Gasteiger partial charge in [0.2, 0.25) is 0 Å². The first kappa shape index (κ1) is 7.62. The van der Waals surface area contributed by atoms with Crippen molar-refractivity contribution in [3.63, 3.8) is 0 Å². The highest BCUT2D eigenvalue weighted by atomic mass is 14.6. The molecular weight excluding hydrogens is 136 g/mol. The summed E-state index contributed by atoms with van der Waals surface area (Å²) in [6.45, 7) is 0. The van der Waals surface area contributed by atoms with E-state index in [0.717, 1.165) is 12.0 Å². The van der Waals surface area contributed by atoms with E-state index in [1.54, 1.807) is 0 Å². The van der Waals surface area contributed by atoms with Crippen LogP contribution in [0.1, 0.15) is 12.8 Å². The summed E-state index contributed by atoms with van der Waals surface area (Å²) >= 11 is 0. The molecule has 0 heterocycles. The van der Waals surface area contributed by atoms with Gasteiger partial charge in [0.25, 0.3) is 0 Å². The molecule has 0 aromatic carbocycles. The van der Waals surface area contributed by atoms with Crippen LogP contribution < -0.4 is 5.73 Å². The predicted octanol–water partition coefficient (Wildman–Crippen LogP) is 1.63. The van der Waals surface area contributed by atoms with Gasteiger partial charge in [0.05, 0.1) is 12.5 Å². The van der Waals surface area contributed by atoms with Crippen molar-refractivity contribution in [2.45, 2.75) is 12.8 Å². The fourth-order valence-electron chi connectivity index (χ4n) is 0.945. The van der Waals surface area contributed by atoms with Crippen LogP contribution in [0, 0.1) is 11.3 Å². The van der Waals surface area contributed by atoms with Crippen molar-refractivity contribution >= 4 is 0 Å². The highest BCUT2D eigenvalue weighted by molar-refractivity contribution is 5.35. The maximum Gasteiger partial charge on any atom is 0.0670 e. The zero-order chi connectivity index (χ0) is 8.10. The lowest BCUT2D eigenvalue weighted by Gasteiger charge is -1.99. The number of nitrogens with zero attached hydrogens (tertiary/aromatic N) is 1. The van der Waals surface area contributed by atoms with E-state index in [4.69, 9.17) is 11.0 Å². The van der Waals surface area contributed by atoms with Crippen molar-refractivity contribution in [1.29, 1.82) is 5.26 Å². The van der Waals surface area contributed by atoms with E-state index < -0.39 is 0 Å². The second kappa shape index (κ2) is 3.62. The van der Waals surface area contributed by atoms with E-state index in [0.29, 0.717) is 12.1 Å². The minimum absolute atomic E-state index is 0.407. The number of allylic oxidation sites excluding steroid dienone is 5. The molecule has 2 nitrogen and oxygen atoms in total. The minimum atomic E-state index is 0.407. The molecule has 0 saturated heterocycles. The Bertz CT molecular complexity index is 264. The van der Waals surface area contributed by atoms with Crippen LogP contribution in [0.2, 0.25) is 0 Å². The Morgan fingerprint density at radius 1 is 1.64 bits per heavy atom. The highest BCUT2D eigenvalue weighted by Gasteiger charge is 1.99. The molecule has 0 spiro atoms. The molecule has 0 unspecified atom stereocenters. The van der Waals surface area contributed by atoms with Gasteiger partial charge < -0.3 is 5.73 Å². The van der Waals surface area contributed by atoms with E-state index in [9.17, 15) is 0 Å². The van der Waals surface area contributed by atoms with Gasteiger partial charge in [0, 0.05) is 5.70 Å². The number of rotatable bonds is 1. The topological polar surface area (TPSA) is 49.8 Å². The summed E-state index contributed by atoms with van der Waals surface area (Å²) in [5, 5.41) is 8.43. The average Bonchev–Trinajstić information content (AvgIpc) is 2.18. The molecule has 1 aliphatic carbocycles. The first-order valence-electron chi connectivity index (χ1n) is 3.53. The van der Waals surface area contributed by atoms with Gasteiger partial charge >= 0.3 is 0 Å². The second-order valence-corrected chi connectivity index (χ2v) is 2.35. The van der Waals surface area contributed by atoms with Gasteiger partial charge in [0.15, 0.2) is 0 Å². The van der Waals surface area contributed by atoms with Gasteiger partial charge in [-0.1, -0.05) is 18.2 Å². The lowest BCUT2D eigenvalue weighted by atomic mass is 10.1. The molecule has 2 N–H and O–H groups in total. The van der Waals surface area contributed by atoms with Gasteiger partial charge in [0.1, 0.15) is 0 Å². The highest BCUT2D eigenvalue weighted by Crippen LogP contribution is 2.12. The fourth-order valence-corrected chi connectivity index (χ4v) is 0.945. The Morgan fingerprint density at radius 3 is 3.18 bits per heavy atom. The maximum atomic E-state index is 8.43. The summed E-state index contributed by atoms with van der Waals surface area (Å²) in [7, 11) is 0. The Hall–Kier alpha value is -1.49. The molecule has 1 rings (SSSR count). The molecule has 1 aliphatic rings. The van der Waals surface area contributed by atoms with Gasteiger partial charge in [-0.3, -0.25) is 0 Å². The largest absolute Gasteiger partial charge is 0.398 e. The van der Waals surface area contributed by atoms with Crippen molar-refractivity contribution in [3.8, 4) is 6.07 Å². The van der Waals surface area contributed by atoms with Gasteiger partial charge in [-0.05, 0) is 18.1 Å². The second-order valence-electron chi connectivity index (χ2n) is 2.35. The Balaban J connectivity index is 2.79. The summed E-state index contributed by atoms with van der Waals surface area (Å²) in [6, 6.07) is 2.08. The Labute approximate surface area is 66.3 Å². The van der Waals surface area contributed by atoms with Crippen molar-refractivity contribution in [1.82, 2.24) is 0 Å². The van der Waals surface area contributed by atoms with Crippen molar-refractivity contribution in [3.05, 3.63) is 35.6 Å². The minimum Gasteiger partial charge on any atom is -0.398 e. The molecule has 0 bridgehead atoms. The smallest absolute Gasteiger partial charge is 0.0670 e. The summed E-state index contributed by atoms with van der Waals surface area (Å²) < 4.78 is 0. The summed E-state index contributed by atoms with van der Waals surface area (Å²) in [4.78, 5) is 0. The standard InChI is InChI=1S/C9H10N2/c10-7-6-8-4-2-1-3-5-9(8)11/h1,3-5H,2,6,11H2. The first-order valence-corrected chi connectivity index (χ1v) is 3.53. The van der Waals surface area contributed by atoms with E-state index in [-0.39, 0.29) is 0 Å². The van der Waals surface area contributed by atoms with Crippen LogP contribution >= 0.6 is 0 Å². The number of nitrogens with two attached hydrogens (primary N) is 1. The van der Waals surface area contributed by atoms with Crippen LogP contribution in [0.3, 0.4) is 0 Å². The first-order chi connectivity index (χ1) is 5.34. The molecule has 11 heavy (non-hydrogen) atoms. The van der Waals surface area contributed by atoms with Crippen LogP contribution in [0.5, 0.6) is 0 Å². The summed E-state index contributed by atoms with van der Waals surface area (Å²) in [5.74, 6) is 0. The molecule has 0 radical (unpaired) electrons. The summed E-state index contributed by atoms with van der Waals surface area (Å²) in [6.07, 6.45) is 9.01. The normalized spacial score (nSPS) is 16.3. The molecule has 0 saturated carbocycles.